The van der Waals surface area contributed by atoms with Crippen LogP contribution in [0, 0.1) is 0 Å². The number of rotatable bonds is 7. The highest BCUT2D eigenvalue weighted by atomic mass is 32.2. The van der Waals surface area contributed by atoms with Gasteiger partial charge in [0.25, 0.3) is 0 Å². The molecule has 0 aromatic heterocycles. The molecular formula is C12H22N2O4S. The number of ether oxygens (including phenoxy) is 1. The van der Waals surface area contributed by atoms with Crippen LogP contribution >= 0.6 is 0 Å². The molecule has 0 amide bonds. The number of carbonyl (C=O) groups is 1. The van der Waals surface area contributed by atoms with Gasteiger partial charge in [0.2, 0.25) is 10.0 Å². The Morgan fingerprint density at radius 1 is 1.37 bits per heavy atom. The van der Waals surface area contributed by atoms with E-state index in [0.29, 0.717) is 12.5 Å². The van der Waals surface area contributed by atoms with Crippen LogP contribution in [0.1, 0.15) is 32.1 Å². The lowest BCUT2D eigenvalue weighted by Crippen LogP contribution is -2.38. The molecule has 1 heterocycles. The van der Waals surface area contributed by atoms with Crippen molar-refractivity contribution >= 4 is 16.0 Å². The van der Waals surface area contributed by atoms with Crippen molar-refractivity contribution in [3.05, 3.63) is 0 Å². The number of methoxy groups -OCH3 is 1. The zero-order valence-electron chi connectivity index (χ0n) is 11.3. The fourth-order valence-electron chi connectivity index (χ4n) is 2.48. The molecule has 0 spiro atoms. The van der Waals surface area contributed by atoms with Crippen molar-refractivity contribution in [1.82, 2.24) is 9.62 Å². The first-order valence-corrected chi connectivity index (χ1v) is 8.46. The molecule has 0 radical (unpaired) electrons. The number of likely N-dealkylation sites (tertiary alicyclic amines) is 1. The zero-order chi connectivity index (χ0) is 13.9. The number of carbonyl (C=O) groups excluding carboxylic acids is 1. The average molecular weight is 290 g/mol. The van der Waals surface area contributed by atoms with Gasteiger partial charge in [-0.15, -0.1) is 0 Å². The molecule has 2 fully saturated rings. The van der Waals surface area contributed by atoms with Crippen molar-refractivity contribution in [3.8, 4) is 0 Å². The number of nitrogens with one attached hydrogen (secondary N) is 1. The maximum atomic E-state index is 11.9. The molecule has 0 aromatic rings. The molecule has 2 rings (SSSR count). The second-order valence-corrected chi connectivity index (χ2v) is 7.20. The molecule has 0 bridgehead atoms. The summed E-state index contributed by atoms with van der Waals surface area (Å²) in [5.74, 6) is -0.377. The molecule has 6 nitrogen and oxygen atoms in total. The Morgan fingerprint density at radius 2 is 2.11 bits per heavy atom. The van der Waals surface area contributed by atoms with Crippen molar-refractivity contribution in [3.63, 3.8) is 0 Å². The van der Waals surface area contributed by atoms with Gasteiger partial charge in [0.05, 0.1) is 12.9 Å². The summed E-state index contributed by atoms with van der Waals surface area (Å²) in [5.41, 5.74) is 0. The lowest BCUT2D eigenvalue weighted by atomic mass is 10.3. The van der Waals surface area contributed by atoms with Crippen molar-refractivity contribution in [2.75, 3.05) is 26.0 Å². The third-order valence-corrected chi connectivity index (χ3v) is 5.17. The van der Waals surface area contributed by atoms with Crippen LogP contribution in [0.5, 0.6) is 0 Å². The highest BCUT2D eigenvalue weighted by Crippen LogP contribution is 2.29. The van der Waals surface area contributed by atoms with Gasteiger partial charge in [-0.05, 0) is 25.7 Å². The van der Waals surface area contributed by atoms with Crippen LogP contribution < -0.4 is 4.72 Å². The van der Waals surface area contributed by atoms with Gasteiger partial charge < -0.3 is 4.74 Å². The van der Waals surface area contributed by atoms with E-state index in [1.165, 1.54) is 20.0 Å². The first-order valence-electron chi connectivity index (χ1n) is 6.81. The van der Waals surface area contributed by atoms with E-state index in [1.807, 2.05) is 0 Å². The third-order valence-electron chi connectivity index (χ3n) is 3.65. The third kappa shape index (κ3) is 4.74. The standard InChI is InChI=1S/C12H22N2O4S/c1-18-12(15)3-2-8-19(16,17)13-10-6-7-14(9-10)11-4-5-11/h10-11,13H,2-9H2,1H3. The summed E-state index contributed by atoms with van der Waals surface area (Å²) in [6, 6.07) is 0.720. The van der Waals surface area contributed by atoms with Gasteiger partial charge in [0.15, 0.2) is 0 Å². The van der Waals surface area contributed by atoms with E-state index >= 15 is 0 Å². The maximum absolute atomic E-state index is 11.9. The number of hydrogen-bond acceptors (Lipinski definition) is 5. The van der Waals surface area contributed by atoms with Gasteiger partial charge in [-0.2, -0.15) is 0 Å². The largest absolute Gasteiger partial charge is 0.469 e. The fraction of sp³-hybridized carbons (Fsp3) is 0.917. The van der Waals surface area contributed by atoms with E-state index in [1.54, 1.807) is 0 Å². The van der Waals surface area contributed by atoms with Crippen LogP contribution in [0.15, 0.2) is 0 Å². The first-order chi connectivity index (χ1) is 9.00. The summed E-state index contributed by atoms with van der Waals surface area (Å²) in [7, 11) is -1.98. The van der Waals surface area contributed by atoms with Crippen molar-refractivity contribution < 1.29 is 17.9 Å². The number of hydrogen-bond donors (Lipinski definition) is 1. The molecule has 0 aromatic carbocycles. The Bertz CT molecular complexity index is 419. The van der Waals surface area contributed by atoms with E-state index in [9.17, 15) is 13.2 Å². The van der Waals surface area contributed by atoms with Crippen molar-refractivity contribution in [2.24, 2.45) is 0 Å². The van der Waals surface area contributed by atoms with Crippen LogP contribution in [0.3, 0.4) is 0 Å². The first kappa shape index (κ1) is 14.7. The van der Waals surface area contributed by atoms with Crippen LogP contribution in [-0.2, 0) is 19.6 Å². The van der Waals surface area contributed by atoms with Gasteiger partial charge in [0, 0.05) is 31.6 Å². The molecule has 1 aliphatic carbocycles. The lowest BCUT2D eigenvalue weighted by molar-refractivity contribution is -0.140. The highest BCUT2D eigenvalue weighted by Gasteiger charge is 2.35. The molecule has 1 saturated heterocycles. The predicted octanol–water partition coefficient (Wildman–Crippen LogP) is 0.0957. The quantitative estimate of drug-likeness (QED) is 0.673. The minimum Gasteiger partial charge on any atom is -0.469 e. The van der Waals surface area contributed by atoms with E-state index in [4.69, 9.17) is 0 Å². The van der Waals surface area contributed by atoms with E-state index < -0.39 is 10.0 Å². The Labute approximate surface area is 114 Å². The SMILES string of the molecule is COC(=O)CCCS(=O)(=O)NC1CCN(C2CC2)C1. The predicted molar refractivity (Wildman–Crippen MR) is 71.2 cm³/mol. The van der Waals surface area contributed by atoms with Crippen LogP contribution in [0.4, 0.5) is 0 Å². The molecule has 1 saturated carbocycles. The topological polar surface area (TPSA) is 75.7 Å². The summed E-state index contributed by atoms with van der Waals surface area (Å²) in [6.45, 7) is 1.81. The summed E-state index contributed by atoms with van der Waals surface area (Å²) in [4.78, 5) is 13.3. The smallest absolute Gasteiger partial charge is 0.305 e. The van der Waals surface area contributed by atoms with Gasteiger partial charge >= 0.3 is 5.97 Å². The van der Waals surface area contributed by atoms with Gasteiger partial charge in [-0.25, -0.2) is 13.1 Å². The minimum absolute atomic E-state index is 0.0119. The van der Waals surface area contributed by atoms with Gasteiger partial charge in [-0.1, -0.05) is 0 Å². The number of esters is 1. The maximum Gasteiger partial charge on any atom is 0.305 e. The second-order valence-electron chi connectivity index (χ2n) is 5.33. The molecule has 1 N–H and O–H groups in total. The Morgan fingerprint density at radius 3 is 2.74 bits per heavy atom. The molecule has 19 heavy (non-hydrogen) atoms. The average Bonchev–Trinajstić information content (AvgIpc) is 3.10. The van der Waals surface area contributed by atoms with E-state index in [-0.39, 0.29) is 24.2 Å². The second kappa shape index (κ2) is 6.19. The molecule has 2 aliphatic rings. The van der Waals surface area contributed by atoms with E-state index in [0.717, 1.165) is 19.5 Å². The normalized spacial score (nSPS) is 24.6. The monoisotopic (exact) mass is 290 g/mol. The Hall–Kier alpha value is -0.660. The fourth-order valence-corrected chi connectivity index (χ4v) is 3.82. The van der Waals surface area contributed by atoms with Crippen LogP contribution in [-0.4, -0.2) is 57.3 Å². The summed E-state index contributed by atoms with van der Waals surface area (Å²) >= 11 is 0. The van der Waals surface area contributed by atoms with Crippen LogP contribution in [0.2, 0.25) is 0 Å². The zero-order valence-corrected chi connectivity index (χ0v) is 12.1. The molecule has 1 unspecified atom stereocenters. The van der Waals surface area contributed by atoms with Gasteiger partial charge in [0.1, 0.15) is 0 Å². The molecule has 7 heteroatoms. The highest BCUT2D eigenvalue weighted by molar-refractivity contribution is 7.89. The molecular weight excluding hydrogens is 268 g/mol. The Kier molecular flexibility index (Phi) is 4.81. The van der Waals surface area contributed by atoms with Crippen molar-refractivity contribution in [2.45, 2.75) is 44.2 Å². The molecule has 110 valence electrons. The molecule has 1 atom stereocenters. The summed E-state index contributed by atoms with van der Waals surface area (Å²) in [5, 5.41) is 0. The number of sulfonamides is 1. The lowest BCUT2D eigenvalue weighted by Gasteiger charge is -2.15. The summed E-state index contributed by atoms with van der Waals surface area (Å²) in [6.07, 6.45) is 3.83. The summed E-state index contributed by atoms with van der Waals surface area (Å²) < 4.78 is 31.0. The van der Waals surface area contributed by atoms with Crippen LogP contribution in [0.25, 0.3) is 0 Å². The van der Waals surface area contributed by atoms with Gasteiger partial charge in [-0.3, -0.25) is 9.69 Å². The Balaban J connectivity index is 1.70. The van der Waals surface area contributed by atoms with Crippen molar-refractivity contribution in [1.29, 1.82) is 0 Å². The molecule has 1 aliphatic heterocycles. The number of nitrogens with zero attached hydrogens (tertiary/aromatic N) is 1. The minimum atomic E-state index is -3.28. The van der Waals surface area contributed by atoms with E-state index in [2.05, 4.69) is 14.4 Å².